The first-order chi connectivity index (χ1) is 6.33. The number of phenols is 1. The Bertz CT molecular complexity index is 381. The molecule has 4 heteroatoms. The molecule has 66 valence electrons. The molecule has 0 atom stereocenters. The van der Waals surface area contributed by atoms with E-state index in [1.165, 1.54) is 6.07 Å². The van der Waals surface area contributed by atoms with E-state index in [1.54, 1.807) is 6.07 Å². The second-order valence-electron chi connectivity index (χ2n) is 2.60. The summed E-state index contributed by atoms with van der Waals surface area (Å²) in [7, 11) is 0. The highest BCUT2D eigenvalue weighted by atomic mass is 16.6. The summed E-state index contributed by atoms with van der Waals surface area (Å²) in [5.74, 6) is 0.779. The molecule has 1 N–H and O–H groups in total. The number of ether oxygens (including phenoxy) is 2. The SMILES string of the molecule is N#Cc1c(O)ccc2c1OCCO2. The van der Waals surface area contributed by atoms with Crippen molar-refractivity contribution in [2.45, 2.75) is 0 Å². The topological polar surface area (TPSA) is 62.5 Å². The standard InChI is InChI=1S/C9H7NO3/c10-5-6-7(11)1-2-8-9(6)13-4-3-12-8/h1-2,11H,3-4H2. The maximum atomic E-state index is 9.31. The first kappa shape index (κ1) is 7.74. The highest BCUT2D eigenvalue weighted by Gasteiger charge is 2.18. The van der Waals surface area contributed by atoms with Gasteiger partial charge in [-0.1, -0.05) is 0 Å². The van der Waals surface area contributed by atoms with Gasteiger partial charge in [0.2, 0.25) is 0 Å². The van der Waals surface area contributed by atoms with Crippen molar-refractivity contribution >= 4 is 0 Å². The van der Waals surface area contributed by atoms with Crippen LogP contribution in [0.1, 0.15) is 5.56 Å². The van der Waals surface area contributed by atoms with E-state index in [-0.39, 0.29) is 11.3 Å². The first-order valence-corrected chi connectivity index (χ1v) is 3.84. The number of phenolic OH excluding ortho intramolecular Hbond substituents is 1. The van der Waals surface area contributed by atoms with Gasteiger partial charge in [-0.2, -0.15) is 5.26 Å². The quantitative estimate of drug-likeness (QED) is 0.643. The molecule has 1 aliphatic rings. The van der Waals surface area contributed by atoms with Crippen molar-refractivity contribution in [2.24, 2.45) is 0 Å². The smallest absolute Gasteiger partial charge is 0.182 e. The lowest BCUT2D eigenvalue weighted by molar-refractivity contribution is 0.170. The molecule has 0 spiro atoms. The molecule has 4 nitrogen and oxygen atoms in total. The summed E-state index contributed by atoms with van der Waals surface area (Å²) in [6.45, 7) is 0.883. The number of fused-ring (bicyclic) bond motifs is 1. The van der Waals surface area contributed by atoms with Gasteiger partial charge in [0.05, 0.1) is 0 Å². The van der Waals surface area contributed by atoms with Crippen LogP contribution in [0.2, 0.25) is 0 Å². The van der Waals surface area contributed by atoms with Crippen LogP contribution in [0.5, 0.6) is 17.2 Å². The number of nitriles is 1. The Kier molecular flexibility index (Phi) is 1.71. The number of hydrogen-bond donors (Lipinski definition) is 1. The first-order valence-electron chi connectivity index (χ1n) is 3.84. The van der Waals surface area contributed by atoms with Gasteiger partial charge in [-0.3, -0.25) is 0 Å². The lowest BCUT2D eigenvalue weighted by Crippen LogP contribution is -2.16. The van der Waals surface area contributed by atoms with Crippen molar-refractivity contribution in [1.82, 2.24) is 0 Å². The Morgan fingerprint density at radius 2 is 2.08 bits per heavy atom. The minimum Gasteiger partial charge on any atom is -0.506 e. The van der Waals surface area contributed by atoms with Crippen molar-refractivity contribution in [2.75, 3.05) is 13.2 Å². The van der Waals surface area contributed by atoms with Crippen LogP contribution in [0.25, 0.3) is 0 Å². The third-order valence-corrected chi connectivity index (χ3v) is 1.80. The Labute approximate surface area is 74.9 Å². The molecule has 0 radical (unpaired) electrons. The molecule has 0 unspecified atom stereocenters. The summed E-state index contributed by atoms with van der Waals surface area (Å²) in [4.78, 5) is 0. The second kappa shape index (κ2) is 2.87. The van der Waals surface area contributed by atoms with E-state index in [1.807, 2.05) is 6.07 Å². The lowest BCUT2D eigenvalue weighted by Gasteiger charge is -2.19. The van der Waals surface area contributed by atoms with Gasteiger partial charge in [-0.05, 0) is 12.1 Å². The molecule has 0 aromatic heterocycles. The zero-order chi connectivity index (χ0) is 9.26. The molecule has 1 aromatic rings. The Balaban J connectivity index is 2.60. The zero-order valence-electron chi connectivity index (χ0n) is 6.78. The summed E-state index contributed by atoms with van der Waals surface area (Å²) < 4.78 is 10.5. The van der Waals surface area contributed by atoms with Crippen LogP contribution in [0, 0.1) is 11.3 Å². The molecule has 1 heterocycles. The van der Waals surface area contributed by atoms with E-state index >= 15 is 0 Å². The number of benzene rings is 1. The average molecular weight is 177 g/mol. The molecule has 0 fully saturated rings. The second-order valence-corrected chi connectivity index (χ2v) is 2.60. The monoisotopic (exact) mass is 177 g/mol. The fraction of sp³-hybridized carbons (Fsp3) is 0.222. The molecule has 1 aliphatic heterocycles. The van der Waals surface area contributed by atoms with E-state index in [4.69, 9.17) is 14.7 Å². The largest absolute Gasteiger partial charge is 0.506 e. The van der Waals surface area contributed by atoms with Gasteiger partial charge < -0.3 is 14.6 Å². The summed E-state index contributed by atoms with van der Waals surface area (Å²) in [6.07, 6.45) is 0. The van der Waals surface area contributed by atoms with Crippen LogP contribution in [0.3, 0.4) is 0 Å². The maximum Gasteiger partial charge on any atom is 0.182 e. The fourth-order valence-electron chi connectivity index (χ4n) is 1.21. The molecule has 0 amide bonds. The number of nitrogens with zero attached hydrogens (tertiary/aromatic N) is 1. The summed E-state index contributed by atoms with van der Waals surface area (Å²) in [6, 6.07) is 4.88. The van der Waals surface area contributed by atoms with Crippen molar-refractivity contribution in [3.05, 3.63) is 17.7 Å². The molecule has 0 bridgehead atoms. The van der Waals surface area contributed by atoms with Crippen molar-refractivity contribution in [3.63, 3.8) is 0 Å². The Morgan fingerprint density at radius 3 is 2.85 bits per heavy atom. The number of aromatic hydroxyl groups is 1. The molecule has 0 saturated carbocycles. The molecule has 13 heavy (non-hydrogen) atoms. The van der Waals surface area contributed by atoms with E-state index in [0.717, 1.165) is 0 Å². The van der Waals surface area contributed by atoms with Crippen LogP contribution in [-0.2, 0) is 0 Å². The lowest BCUT2D eigenvalue weighted by atomic mass is 10.1. The Morgan fingerprint density at radius 1 is 1.31 bits per heavy atom. The van der Waals surface area contributed by atoms with Gasteiger partial charge in [-0.15, -0.1) is 0 Å². The molecule has 1 aromatic carbocycles. The van der Waals surface area contributed by atoms with Crippen LogP contribution in [0.4, 0.5) is 0 Å². The minimum atomic E-state index is -0.0771. The Hall–Kier alpha value is -1.89. The van der Waals surface area contributed by atoms with E-state index in [9.17, 15) is 5.11 Å². The third-order valence-electron chi connectivity index (χ3n) is 1.80. The van der Waals surface area contributed by atoms with Gasteiger partial charge >= 0.3 is 0 Å². The van der Waals surface area contributed by atoms with Crippen LogP contribution in [0.15, 0.2) is 12.1 Å². The van der Waals surface area contributed by atoms with Crippen molar-refractivity contribution in [3.8, 4) is 23.3 Å². The van der Waals surface area contributed by atoms with Gasteiger partial charge in [0.15, 0.2) is 11.5 Å². The van der Waals surface area contributed by atoms with Gasteiger partial charge in [0.1, 0.15) is 30.6 Å². The molecular formula is C9H7NO3. The predicted molar refractivity (Wildman–Crippen MR) is 43.8 cm³/mol. The van der Waals surface area contributed by atoms with Gasteiger partial charge in [0, 0.05) is 0 Å². The molecule has 2 rings (SSSR count). The maximum absolute atomic E-state index is 9.31. The summed E-state index contributed by atoms with van der Waals surface area (Å²) >= 11 is 0. The fourth-order valence-corrected chi connectivity index (χ4v) is 1.21. The molecule has 0 saturated heterocycles. The molecule has 0 aliphatic carbocycles. The third kappa shape index (κ3) is 1.14. The minimum absolute atomic E-state index is 0.0771. The molecular weight excluding hydrogens is 170 g/mol. The van der Waals surface area contributed by atoms with Crippen LogP contribution < -0.4 is 9.47 Å². The van der Waals surface area contributed by atoms with Gasteiger partial charge in [-0.25, -0.2) is 0 Å². The van der Waals surface area contributed by atoms with E-state index in [0.29, 0.717) is 24.7 Å². The zero-order valence-corrected chi connectivity index (χ0v) is 6.78. The summed E-state index contributed by atoms with van der Waals surface area (Å²) in [5, 5.41) is 18.0. The van der Waals surface area contributed by atoms with E-state index < -0.39 is 0 Å². The van der Waals surface area contributed by atoms with Crippen LogP contribution in [-0.4, -0.2) is 18.3 Å². The predicted octanol–water partition coefficient (Wildman–Crippen LogP) is 1.04. The normalized spacial score (nSPS) is 13.5. The highest BCUT2D eigenvalue weighted by molar-refractivity contribution is 5.59. The number of hydrogen-bond acceptors (Lipinski definition) is 4. The van der Waals surface area contributed by atoms with Crippen LogP contribution >= 0.6 is 0 Å². The van der Waals surface area contributed by atoms with Crippen molar-refractivity contribution < 1.29 is 14.6 Å². The van der Waals surface area contributed by atoms with E-state index in [2.05, 4.69) is 0 Å². The summed E-state index contributed by atoms with van der Waals surface area (Å²) in [5.41, 5.74) is 0.136. The highest BCUT2D eigenvalue weighted by Crippen LogP contribution is 2.37. The van der Waals surface area contributed by atoms with Crippen molar-refractivity contribution in [1.29, 1.82) is 5.26 Å². The number of rotatable bonds is 0. The van der Waals surface area contributed by atoms with Gasteiger partial charge in [0.25, 0.3) is 0 Å². The average Bonchev–Trinajstić information content (AvgIpc) is 2.18.